The number of hydrogen-bond acceptors (Lipinski definition) is 2. The number of quaternary nitrogens is 1. The van der Waals surface area contributed by atoms with Crippen molar-refractivity contribution in [3.05, 3.63) is 70.5 Å². The molecule has 162 valence electrons. The van der Waals surface area contributed by atoms with Gasteiger partial charge in [0, 0.05) is 23.8 Å². The predicted molar refractivity (Wildman–Crippen MR) is 111 cm³/mol. The molecule has 1 amide bonds. The Hall–Kier alpha value is -3.00. The molecule has 0 bridgehead atoms. The molecule has 0 spiro atoms. The van der Waals surface area contributed by atoms with E-state index < -0.39 is 17.6 Å². The first-order valence-electron chi connectivity index (χ1n) is 10.0. The first kappa shape index (κ1) is 21.2. The molecular weight excluding hydrogens is 410 g/mol. The number of benzene rings is 2. The van der Waals surface area contributed by atoms with Crippen molar-refractivity contribution in [1.82, 2.24) is 9.47 Å². The van der Waals surface area contributed by atoms with Gasteiger partial charge in [0.05, 0.1) is 24.2 Å². The number of rotatable bonds is 4. The Balaban J connectivity index is 1.96. The molecule has 3 aromatic rings. The van der Waals surface area contributed by atoms with E-state index in [1.165, 1.54) is 18.2 Å². The molecule has 0 saturated carbocycles. The SMILES string of the molecule is Cc1c(C(N)=O)c([N+]2(Cc3cccc(F)c3)CCCC2)nc2cc(C(F)(F)F)ccc12. The summed E-state index contributed by atoms with van der Waals surface area (Å²) >= 11 is 0. The number of pyridine rings is 1. The summed E-state index contributed by atoms with van der Waals surface area (Å²) in [6, 6.07) is 9.50. The second kappa shape index (κ2) is 7.60. The van der Waals surface area contributed by atoms with Crippen LogP contribution in [0.5, 0.6) is 0 Å². The molecule has 4 rings (SSSR count). The Kier molecular flexibility index (Phi) is 5.21. The number of hydrogen-bond donors (Lipinski definition) is 1. The number of primary amides is 1. The van der Waals surface area contributed by atoms with Gasteiger partial charge >= 0.3 is 6.18 Å². The highest BCUT2D eigenvalue weighted by molar-refractivity contribution is 6.03. The van der Waals surface area contributed by atoms with E-state index in [0.717, 1.165) is 30.5 Å². The summed E-state index contributed by atoms with van der Waals surface area (Å²) in [5.74, 6) is -0.688. The van der Waals surface area contributed by atoms with E-state index in [4.69, 9.17) is 5.73 Å². The van der Waals surface area contributed by atoms with Crippen LogP contribution in [0, 0.1) is 12.7 Å². The van der Waals surface area contributed by atoms with Gasteiger partial charge in [-0.05, 0) is 36.8 Å². The Morgan fingerprint density at radius 2 is 1.84 bits per heavy atom. The second-order valence-corrected chi connectivity index (χ2v) is 8.12. The summed E-state index contributed by atoms with van der Waals surface area (Å²) in [6.07, 6.45) is -2.79. The molecule has 1 fully saturated rings. The van der Waals surface area contributed by atoms with Gasteiger partial charge in [0.15, 0.2) is 0 Å². The van der Waals surface area contributed by atoms with Crippen LogP contribution in [0.3, 0.4) is 0 Å². The van der Waals surface area contributed by atoms with Gasteiger partial charge in [-0.3, -0.25) is 9.28 Å². The summed E-state index contributed by atoms with van der Waals surface area (Å²) in [5, 5.41) is 0.452. The van der Waals surface area contributed by atoms with Gasteiger partial charge in [0.2, 0.25) is 5.82 Å². The second-order valence-electron chi connectivity index (χ2n) is 8.12. The lowest BCUT2D eigenvalue weighted by molar-refractivity contribution is -0.137. The molecule has 1 aromatic heterocycles. The topological polar surface area (TPSA) is 56.0 Å². The summed E-state index contributed by atoms with van der Waals surface area (Å²) < 4.78 is 53.9. The Bertz CT molecular complexity index is 1170. The number of aromatic nitrogens is 1. The van der Waals surface area contributed by atoms with Gasteiger partial charge in [-0.25, -0.2) is 4.39 Å². The zero-order valence-corrected chi connectivity index (χ0v) is 17.0. The molecule has 0 atom stereocenters. The predicted octanol–water partition coefficient (Wildman–Crippen LogP) is 5.10. The van der Waals surface area contributed by atoms with E-state index in [1.807, 2.05) is 0 Å². The van der Waals surface area contributed by atoms with Crippen molar-refractivity contribution in [2.45, 2.75) is 32.5 Å². The number of amides is 1. The van der Waals surface area contributed by atoms with Crippen LogP contribution in [0.4, 0.5) is 23.4 Å². The van der Waals surface area contributed by atoms with Gasteiger partial charge in [-0.2, -0.15) is 18.2 Å². The van der Waals surface area contributed by atoms with E-state index >= 15 is 0 Å². The molecule has 2 heterocycles. The maximum absolute atomic E-state index is 13.8. The highest BCUT2D eigenvalue weighted by atomic mass is 19.4. The maximum Gasteiger partial charge on any atom is 0.416 e. The van der Waals surface area contributed by atoms with Gasteiger partial charge in [-0.1, -0.05) is 18.2 Å². The third kappa shape index (κ3) is 3.87. The van der Waals surface area contributed by atoms with Gasteiger partial charge in [-0.15, -0.1) is 0 Å². The third-order valence-electron chi connectivity index (χ3n) is 6.05. The van der Waals surface area contributed by atoms with E-state index in [0.29, 0.717) is 36.4 Å². The molecular formula is C23H22F4N3O+. The fraction of sp³-hybridized carbons (Fsp3) is 0.304. The van der Waals surface area contributed by atoms with E-state index in [-0.39, 0.29) is 21.4 Å². The zero-order chi connectivity index (χ0) is 22.4. The number of nitrogens with two attached hydrogens (primary N) is 1. The van der Waals surface area contributed by atoms with E-state index in [2.05, 4.69) is 4.98 Å². The lowest BCUT2D eigenvalue weighted by Crippen LogP contribution is -2.47. The van der Waals surface area contributed by atoms with E-state index in [9.17, 15) is 22.4 Å². The molecule has 4 nitrogen and oxygen atoms in total. The number of carbonyl (C=O) groups excluding carboxylic acids is 1. The van der Waals surface area contributed by atoms with Crippen LogP contribution in [0.1, 0.15) is 39.9 Å². The quantitative estimate of drug-likeness (QED) is 0.461. The number of aryl methyl sites for hydroxylation is 1. The fourth-order valence-electron chi connectivity index (χ4n) is 4.60. The highest BCUT2D eigenvalue weighted by Crippen LogP contribution is 2.39. The van der Waals surface area contributed by atoms with Crippen LogP contribution in [0.15, 0.2) is 42.5 Å². The van der Waals surface area contributed by atoms with Crippen LogP contribution in [0.25, 0.3) is 10.9 Å². The highest BCUT2D eigenvalue weighted by Gasteiger charge is 2.41. The number of carbonyl (C=O) groups is 1. The molecule has 2 N–H and O–H groups in total. The fourth-order valence-corrected chi connectivity index (χ4v) is 4.60. The van der Waals surface area contributed by atoms with Crippen molar-refractivity contribution in [1.29, 1.82) is 0 Å². The van der Waals surface area contributed by atoms with Crippen LogP contribution in [-0.2, 0) is 12.7 Å². The molecule has 0 unspecified atom stereocenters. The first-order valence-corrected chi connectivity index (χ1v) is 10.0. The van der Waals surface area contributed by atoms with Crippen molar-refractivity contribution in [3.8, 4) is 0 Å². The minimum absolute atomic E-state index is 0.163. The summed E-state index contributed by atoms with van der Waals surface area (Å²) in [6.45, 7) is 3.31. The van der Waals surface area contributed by atoms with Gasteiger partial charge < -0.3 is 5.73 Å². The minimum Gasteiger partial charge on any atom is -0.365 e. The lowest BCUT2D eigenvalue weighted by Gasteiger charge is -2.34. The zero-order valence-electron chi connectivity index (χ0n) is 17.0. The van der Waals surface area contributed by atoms with Crippen molar-refractivity contribution in [3.63, 3.8) is 0 Å². The molecule has 1 aliphatic heterocycles. The normalized spacial score (nSPS) is 16.0. The van der Waals surface area contributed by atoms with Crippen molar-refractivity contribution >= 4 is 22.6 Å². The third-order valence-corrected chi connectivity index (χ3v) is 6.05. The van der Waals surface area contributed by atoms with Crippen LogP contribution < -0.4 is 10.2 Å². The monoisotopic (exact) mass is 432 g/mol. The molecule has 1 saturated heterocycles. The molecule has 8 heteroatoms. The summed E-state index contributed by atoms with van der Waals surface area (Å²) in [4.78, 5) is 17.0. The van der Waals surface area contributed by atoms with Crippen LogP contribution in [-0.4, -0.2) is 24.0 Å². The number of fused-ring (bicyclic) bond motifs is 1. The van der Waals surface area contributed by atoms with Gasteiger partial charge in [0.25, 0.3) is 5.91 Å². The Morgan fingerprint density at radius 1 is 1.13 bits per heavy atom. The smallest absolute Gasteiger partial charge is 0.365 e. The summed E-state index contributed by atoms with van der Waals surface area (Å²) in [5.41, 5.74) is 6.54. The average Bonchev–Trinajstić information content (AvgIpc) is 3.16. The number of halogens is 4. The minimum atomic E-state index is -4.51. The van der Waals surface area contributed by atoms with Crippen molar-refractivity contribution < 1.29 is 22.4 Å². The van der Waals surface area contributed by atoms with Crippen molar-refractivity contribution in [2.24, 2.45) is 5.73 Å². The average molecular weight is 432 g/mol. The van der Waals surface area contributed by atoms with Crippen molar-refractivity contribution in [2.75, 3.05) is 13.1 Å². The molecule has 1 aliphatic rings. The van der Waals surface area contributed by atoms with Crippen LogP contribution >= 0.6 is 0 Å². The largest absolute Gasteiger partial charge is 0.416 e. The summed E-state index contributed by atoms with van der Waals surface area (Å²) in [7, 11) is 0. The standard InChI is InChI=1S/C23H21F4N3O/c1-14-18-8-7-16(23(25,26)27)12-19(18)29-22(20(14)21(28)31)30(9-2-3-10-30)13-15-5-4-6-17(24)11-15/h4-8,11-12H,2-3,9-10,13H2,1H3,(H-,28,31)/p+1. The Labute approximate surface area is 176 Å². The molecule has 31 heavy (non-hydrogen) atoms. The van der Waals surface area contributed by atoms with Gasteiger partial charge in [0.1, 0.15) is 17.9 Å². The first-order chi connectivity index (χ1) is 14.6. The van der Waals surface area contributed by atoms with E-state index in [1.54, 1.807) is 19.1 Å². The molecule has 0 radical (unpaired) electrons. The maximum atomic E-state index is 13.8. The molecule has 2 aromatic carbocycles. The molecule has 0 aliphatic carbocycles. The van der Waals surface area contributed by atoms with Crippen LogP contribution in [0.2, 0.25) is 0 Å². The number of alkyl halides is 3. The lowest BCUT2D eigenvalue weighted by atomic mass is 10.00. The Morgan fingerprint density at radius 3 is 2.45 bits per heavy atom. The number of nitrogens with zero attached hydrogens (tertiary/aromatic N) is 2. The number of likely N-dealkylation sites (tertiary alicyclic amines) is 1.